The Bertz CT molecular complexity index is 450. The fraction of sp³-hybridized carbons (Fsp3) is 0.636. The molecule has 1 amide bonds. The van der Waals surface area contributed by atoms with Crippen molar-refractivity contribution in [3.05, 3.63) is 4.88 Å². The van der Waals surface area contributed by atoms with Crippen molar-refractivity contribution < 1.29 is 4.79 Å². The summed E-state index contributed by atoms with van der Waals surface area (Å²) in [6.45, 7) is 3.72. The highest BCUT2D eigenvalue weighted by Gasteiger charge is 2.27. The zero-order valence-electron chi connectivity index (χ0n) is 10.1. The first-order valence-electron chi connectivity index (χ1n) is 6.27. The van der Waals surface area contributed by atoms with Crippen molar-refractivity contribution in [1.82, 2.24) is 15.6 Å². The lowest BCUT2D eigenvalue weighted by Gasteiger charge is -2.26. The van der Waals surface area contributed by atoms with E-state index in [1.165, 1.54) is 11.3 Å². The van der Waals surface area contributed by atoms with Gasteiger partial charge in [-0.1, -0.05) is 11.3 Å². The standard InChI is InChI=1S/C11H17N5OS/c12-9-8(10(17)14-7-1-2-7)18-11(15-9)16-5-3-13-4-6-16/h7,13H,1-6,12H2,(H,14,17). The van der Waals surface area contributed by atoms with Gasteiger partial charge in [0, 0.05) is 32.2 Å². The van der Waals surface area contributed by atoms with E-state index in [2.05, 4.69) is 20.5 Å². The number of hydrogen-bond acceptors (Lipinski definition) is 6. The third-order valence-electron chi connectivity index (χ3n) is 3.15. The lowest BCUT2D eigenvalue weighted by Crippen LogP contribution is -2.43. The minimum absolute atomic E-state index is 0.0751. The maximum atomic E-state index is 12.0. The lowest BCUT2D eigenvalue weighted by atomic mass is 10.4. The maximum absolute atomic E-state index is 12.0. The van der Waals surface area contributed by atoms with Crippen LogP contribution in [0.1, 0.15) is 22.5 Å². The van der Waals surface area contributed by atoms with E-state index < -0.39 is 0 Å². The molecule has 0 spiro atoms. The smallest absolute Gasteiger partial charge is 0.265 e. The van der Waals surface area contributed by atoms with Crippen LogP contribution in [-0.2, 0) is 0 Å². The molecule has 3 rings (SSSR count). The second-order valence-corrected chi connectivity index (χ2v) is 5.67. The van der Waals surface area contributed by atoms with Crippen LogP contribution in [-0.4, -0.2) is 43.1 Å². The molecule has 0 bridgehead atoms. The Morgan fingerprint density at radius 3 is 2.83 bits per heavy atom. The maximum Gasteiger partial charge on any atom is 0.265 e. The third-order valence-corrected chi connectivity index (χ3v) is 4.28. The molecular formula is C11H17N5OS. The molecule has 0 aromatic carbocycles. The molecule has 1 saturated heterocycles. The number of thiazole rings is 1. The Kier molecular flexibility index (Phi) is 3.09. The summed E-state index contributed by atoms with van der Waals surface area (Å²) in [6.07, 6.45) is 2.16. The highest BCUT2D eigenvalue weighted by Crippen LogP contribution is 2.29. The Hall–Kier alpha value is -1.34. The van der Waals surface area contributed by atoms with Gasteiger partial charge in [-0.3, -0.25) is 4.79 Å². The fourth-order valence-electron chi connectivity index (χ4n) is 1.95. The fourth-order valence-corrected chi connectivity index (χ4v) is 2.89. The molecule has 2 fully saturated rings. The van der Waals surface area contributed by atoms with Gasteiger partial charge >= 0.3 is 0 Å². The van der Waals surface area contributed by atoms with E-state index in [-0.39, 0.29) is 5.91 Å². The zero-order valence-corrected chi connectivity index (χ0v) is 10.9. The largest absolute Gasteiger partial charge is 0.382 e. The van der Waals surface area contributed by atoms with Gasteiger partial charge in [-0.25, -0.2) is 4.98 Å². The SMILES string of the molecule is Nc1nc(N2CCNCC2)sc1C(=O)NC1CC1. The predicted molar refractivity (Wildman–Crippen MR) is 72.1 cm³/mol. The number of rotatable bonds is 3. The summed E-state index contributed by atoms with van der Waals surface area (Å²) in [5, 5.41) is 7.09. The molecule has 4 N–H and O–H groups in total. The van der Waals surface area contributed by atoms with E-state index >= 15 is 0 Å². The van der Waals surface area contributed by atoms with Crippen LogP contribution in [0.5, 0.6) is 0 Å². The molecule has 98 valence electrons. The molecule has 1 aliphatic heterocycles. The lowest BCUT2D eigenvalue weighted by molar-refractivity contribution is 0.0956. The van der Waals surface area contributed by atoms with Crippen LogP contribution in [0.2, 0.25) is 0 Å². The van der Waals surface area contributed by atoms with Gasteiger partial charge in [0.05, 0.1) is 0 Å². The van der Waals surface area contributed by atoms with Crippen molar-refractivity contribution in [2.45, 2.75) is 18.9 Å². The van der Waals surface area contributed by atoms with Crippen LogP contribution in [0, 0.1) is 0 Å². The third kappa shape index (κ3) is 2.41. The van der Waals surface area contributed by atoms with Crippen LogP contribution in [0.3, 0.4) is 0 Å². The number of carbonyl (C=O) groups excluding carboxylic acids is 1. The molecule has 0 unspecified atom stereocenters. The van der Waals surface area contributed by atoms with E-state index in [0.717, 1.165) is 44.2 Å². The summed E-state index contributed by atoms with van der Waals surface area (Å²) >= 11 is 1.39. The molecular weight excluding hydrogens is 250 g/mol. The van der Waals surface area contributed by atoms with Crippen molar-refractivity contribution in [2.24, 2.45) is 0 Å². The molecule has 1 aromatic heterocycles. The first kappa shape index (κ1) is 11.7. The number of nitrogens with one attached hydrogen (secondary N) is 2. The van der Waals surface area contributed by atoms with Gasteiger partial charge in [-0.05, 0) is 12.8 Å². The van der Waals surface area contributed by atoms with Crippen LogP contribution in [0.25, 0.3) is 0 Å². The normalized spacial score (nSPS) is 19.9. The van der Waals surface area contributed by atoms with Gasteiger partial charge in [-0.2, -0.15) is 0 Å². The molecule has 1 aliphatic carbocycles. The number of aromatic nitrogens is 1. The summed E-state index contributed by atoms with van der Waals surface area (Å²) in [7, 11) is 0. The first-order valence-corrected chi connectivity index (χ1v) is 7.08. The summed E-state index contributed by atoms with van der Waals surface area (Å²) in [5.41, 5.74) is 5.84. The van der Waals surface area contributed by atoms with Gasteiger partial charge in [0.25, 0.3) is 5.91 Å². The summed E-state index contributed by atoms with van der Waals surface area (Å²) < 4.78 is 0. The number of piperazine rings is 1. The highest BCUT2D eigenvalue weighted by molar-refractivity contribution is 7.18. The topological polar surface area (TPSA) is 83.3 Å². The van der Waals surface area contributed by atoms with Crippen molar-refractivity contribution in [1.29, 1.82) is 0 Å². The summed E-state index contributed by atoms with van der Waals surface area (Å²) in [6, 6.07) is 0.349. The quantitative estimate of drug-likeness (QED) is 0.719. The Morgan fingerprint density at radius 2 is 2.17 bits per heavy atom. The molecule has 1 saturated carbocycles. The van der Waals surface area contributed by atoms with E-state index in [9.17, 15) is 4.79 Å². The summed E-state index contributed by atoms with van der Waals surface area (Å²) in [4.78, 5) is 19.0. The summed E-state index contributed by atoms with van der Waals surface area (Å²) in [5.74, 6) is 0.278. The number of nitrogens with zero attached hydrogens (tertiary/aromatic N) is 2. The molecule has 7 heteroatoms. The molecule has 0 atom stereocenters. The minimum atomic E-state index is -0.0751. The molecule has 2 aliphatic rings. The Morgan fingerprint density at radius 1 is 1.44 bits per heavy atom. The average molecular weight is 267 g/mol. The second-order valence-electron chi connectivity index (χ2n) is 4.70. The van der Waals surface area contributed by atoms with Gasteiger partial charge in [0.2, 0.25) is 0 Å². The first-order chi connectivity index (χ1) is 8.74. The Labute approximate surface area is 110 Å². The van der Waals surface area contributed by atoms with E-state index in [0.29, 0.717) is 16.7 Å². The van der Waals surface area contributed by atoms with Crippen LogP contribution in [0.4, 0.5) is 10.9 Å². The molecule has 2 heterocycles. The molecule has 1 aromatic rings. The number of anilines is 2. The van der Waals surface area contributed by atoms with Gasteiger partial charge in [0.1, 0.15) is 10.7 Å². The second kappa shape index (κ2) is 4.74. The molecule has 18 heavy (non-hydrogen) atoms. The van der Waals surface area contributed by atoms with Gasteiger partial charge in [0.15, 0.2) is 5.13 Å². The number of amides is 1. The van der Waals surface area contributed by atoms with Gasteiger partial charge < -0.3 is 21.3 Å². The highest BCUT2D eigenvalue weighted by atomic mass is 32.1. The van der Waals surface area contributed by atoms with Crippen LogP contribution in [0.15, 0.2) is 0 Å². The number of nitrogen functional groups attached to an aromatic ring is 1. The van der Waals surface area contributed by atoms with E-state index in [4.69, 9.17) is 5.73 Å². The zero-order chi connectivity index (χ0) is 12.5. The van der Waals surface area contributed by atoms with Crippen molar-refractivity contribution in [3.8, 4) is 0 Å². The molecule has 6 nitrogen and oxygen atoms in total. The Balaban J connectivity index is 1.74. The number of nitrogens with two attached hydrogens (primary N) is 1. The minimum Gasteiger partial charge on any atom is -0.382 e. The van der Waals surface area contributed by atoms with E-state index in [1.54, 1.807) is 0 Å². The van der Waals surface area contributed by atoms with Crippen LogP contribution >= 0.6 is 11.3 Å². The van der Waals surface area contributed by atoms with Crippen molar-refractivity contribution >= 4 is 28.2 Å². The van der Waals surface area contributed by atoms with Gasteiger partial charge in [-0.15, -0.1) is 0 Å². The van der Waals surface area contributed by atoms with E-state index in [1.807, 2.05) is 0 Å². The van der Waals surface area contributed by atoms with Crippen molar-refractivity contribution in [2.75, 3.05) is 36.8 Å². The number of carbonyl (C=O) groups is 1. The molecule has 0 radical (unpaired) electrons. The van der Waals surface area contributed by atoms with Crippen LogP contribution < -0.4 is 21.3 Å². The number of hydrogen-bond donors (Lipinski definition) is 3. The average Bonchev–Trinajstić information content (AvgIpc) is 3.10. The monoisotopic (exact) mass is 267 g/mol. The predicted octanol–water partition coefficient (Wildman–Crippen LogP) is 0.0271. The van der Waals surface area contributed by atoms with Crippen molar-refractivity contribution in [3.63, 3.8) is 0 Å².